The molecule has 0 spiro atoms. The molecule has 41 heavy (non-hydrogen) atoms. The van der Waals surface area contributed by atoms with E-state index in [1.165, 1.54) is 35.6 Å². The lowest BCUT2D eigenvalue weighted by Gasteiger charge is -2.23. The van der Waals surface area contributed by atoms with Gasteiger partial charge in [0.2, 0.25) is 11.8 Å². The Hall–Kier alpha value is -3.88. The van der Waals surface area contributed by atoms with Crippen LogP contribution in [0.15, 0.2) is 89.8 Å². The standard InChI is InChI=1S/C33H32N2O4S2/c1-3-39-33(38)29-27-18-17-24(22-11-6-4-7-12-22)19-28(27)41-32(29)35-31(37)30(23-13-8-5-9-14-23)40-26-16-10-15-25(20-26)34-21(2)36/h4-16,20,24,30H,3,17-19H2,1-2H3,(H,34,36)(H,35,37). The second kappa shape index (κ2) is 13.2. The van der Waals surface area contributed by atoms with E-state index in [2.05, 4.69) is 34.9 Å². The summed E-state index contributed by atoms with van der Waals surface area (Å²) < 4.78 is 5.45. The number of ether oxygens (including phenoxy) is 1. The molecule has 2 atom stereocenters. The quantitative estimate of drug-likeness (QED) is 0.156. The zero-order valence-corrected chi connectivity index (χ0v) is 24.6. The van der Waals surface area contributed by atoms with Crippen LogP contribution in [0.25, 0.3) is 0 Å². The maximum absolute atomic E-state index is 14.0. The number of nitrogens with one attached hydrogen (secondary N) is 2. The van der Waals surface area contributed by atoms with Crippen LogP contribution in [0.2, 0.25) is 0 Å². The molecule has 1 aliphatic carbocycles. The number of fused-ring (bicyclic) bond motifs is 1. The molecule has 0 aliphatic heterocycles. The molecular weight excluding hydrogens is 553 g/mol. The molecule has 1 aromatic heterocycles. The smallest absolute Gasteiger partial charge is 0.341 e. The Morgan fingerprint density at radius 1 is 0.976 bits per heavy atom. The second-order valence-corrected chi connectivity index (χ2v) is 12.2. The summed E-state index contributed by atoms with van der Waals surface area (Å²) in [6.45, 7) is 3.51. The van der Waals surface area contributed by atoms with E-state index in [4.69, 9.17) is 4.74 Å². The van der Waals surface area contributed by atoms with Gasteiger partial charge in [-0.05, 0) is 67.0 Å². The van der Waals surface area contributed by atoms with Gasteiger partial charge in [-0.1, -0.05) is 66.7 Å². The molecule has 5 rings (SSSR count). The molecule has 2 unspecified atom stereocenters. The molecule has 0 bridgehead atoms. The predicted octanol–water partition coefficient (Wildman–Crippen LogP) is 7.63. The number of amides is 2. The highest BCUT2D eigenvalue weighted by atomic mass is 32.2. The molecule has 1 heterocycles. The molecule has 2 N–H and O–H groups in total. The summed E-state index contributed by atoms with van der Waals surface area (Å²) in [4.78, 5) is 40.7. The first-order valence-corrected chi connectivity index (χ1v) is 15.4. The van der Waals surface area contributed by atoms with Crippen LogP contribution in [0.5, 0.6) is 0 Å². The summed E-state index contributed by atoms with van der Waals surface area (Å²) in [7, 11) is 0. The Morgan fingerprint density at radius 2 is 1.71 bits per heavy atom. The largest absolute Gasteiger partial charge is 0.462 e. The summed E-state index contributed by atoms with van der Waals surface area (Å²) in [5, 5.41) is 5.87. The van der Waals surface area contributed by atoms with Crippen LogP contribution < -0.4 is 10.6 Å². The third kappa shape index (κ3) is 6.89. The first-order chi connectivity index (χ1) is 19.9. The summed E-state index contributed by atoms with van der Waals surface area (Å²) >= 11 is 2.87. The monoisotopic (exact) mass is 584 g/mol. The van der Waals surface area contributed by atoms with E-state index < -0.39 is 11.2 Å². The van der Waals surface area contributed by atoms with Gasteiger partial charge in [-0.15, -0.1) is 23.1 Å². The number of carbonyl (C=O) groups is 3. The summed E-state index contributed by atoms with van der Waals surface area (Å²) in [6, 6.07) is 27.4. The van der Waals surface area contributed by atoms with Crippen LogP contribution >= 0.6 is 23.1 Å². The van der Waals surface area contributed by atoms with Gasteiger partial charge in [0.25, 0.3) is 0 Å². The third-order valence-electron chi connectivity index (χ3n) is 7.00. The number of carbonyl (C=O) groups excluding carboxylic acids is 3. The Kier molecular flexibility index (Phi) is 9.21. The van der Waals surface area contributed by atoms with Crippen LogP contribution in [0, 0.1) is 0 Å². The van der Waals surface area contributed by atoms with Crippen LogP contribution in [-0.4, -0.2) is 24.4 Å². The van der Waals surface area contributed by atoms with Crippen LogP contribution in [0.4, 0.5) is 10.7 Å². The van der Waals surface area contributed by atoms with Crippen LogP contribution in [0.1, 0.15) is 63.4 Å². The number of benzene rings is 3. The Balaban J connectivity index is 1.45. The van der Waals surface area contributed by atoms with Gasteiger partial charge in [-0.2, -0.15) is 0 Å². The van der Waals surface area contributed by atoms with Gasteiger partial charge in [0.15, 0.2) is 0 Å². The molecule has 210 valence electrons. The number of rotatable bonds is 9. The summed E-state index contributed by atoms with van der Waals surface area (Å²) in [5.74, 6) is -0.420. The lowest BCUT2D eigenvalue weighted by atomic mass is 9.83. The normalized spacial score (nSPS) is 14.9. The average Bonchev–Trinajstić information content (AvgIpc) is 3.33. The highest BCUT2D eigenvalue weighted by Crippen LogP contribution is 2.44. The van der Waals surface area contributed by atoms with Gasteiger partial charge in [-0.25, -0.2) is 4.79 Å². The molecule has 0 saturated heterocycles. The average molecular weight is 585 g/mol. The minimum absolute atomic E-state index is 0.160. The molecule has 8 heteroatoms. The minimum atomic E-state index is -0.588. The molecule has 6 nitrogen and oxygen atoms in total. The molecule has 0 fully saturated rings. The van der Waals surface area contributed by atoms with E-state index in [0.29, 0.717) is 22.2 Å². The fraction of sp³-hybridized carbons (Fsp3) is 0.242. The van der Waals surface area contributed by atoms with E-state index in [1.807, 2.05) is 60.7 Å². The molecular formula is C33H32N2O4S2. The second-order valence-electron chi connectivity index (χ2n) is 9.89. The van der Waals surface area contributed by atoms with Crippen molar-refractivity contribution in [3.05, 3.63) is 112 Å². The van der Waals surface area contributed by atoms with Crippen molar-refractivity contribution in [1.82, 2.24) is 0 Å². The fourth-order valence-corrected chi connectivity index (χ4v) is 7.57. The first-order valence-electron chi connectivity index (χ1n) is 13.7. The van der Waals surface area contributed by atoms with Crippen molar-refractivity contribution in [3.8, 4) is 0 Å². The van der Waals surface area contributed by atoms with Crippen LogP contribution in [-0.2, 0) is 27.2 Å². The van der Waals surface area contributed by atoms with Gasteiger partial charge in [0.1, 0.15) is 10.3 Å². The molecule has 1 aliphatic rings. The molecule has 2 amide bonds. The summed E-state index contributed by atoms with van der Waals surface area (Å²) in [6.07, 6.45) is 2.50. The lowest BCUT2D eigenvalue weighted by molar-refractivity contribution is -0.116. The number of thioether (sulfide) groups is 1. The number of hydrogen-bond acceptors (Lipinski definition) is 6. The zero-order valence-electron chi connectivity index (χ0n) is 23.0. The van der Waals surface area contributed by atoms with Crippen molar-refractivity contribution in [2.45, 2.75) is 49.2 Å². The third-order valence-corrected chi connectivity index (χ3v) is 9.42. The molecule has 0 radical (unpaired) electrons. The van der Waals surface area contributed by atoms with Gasteiger partial charge >= 0.3 is 5.97 Å². The van der Waals surface area contributed by atoms with E-state index in [0.717, 1.165) is 40.2 Å². The predicted molar refractivity (Wildman–Crippen MR) is 166 cm³/mol. The first kappa shape index (κ1) is 28.6. The van der Waals surface area contributed by atoms with Gasteiger partial charge < -0.3 is 15.4 Å². The number of esters is 1. The van der Waals surface area contributed by atoms with Crippen molar-refractivity contribution in [3.63, 3.8) is 0 Å². The number of hydrogen-bond donors (Lipinski definition) is 2. The Labute approximate surface area is 248 Å². The molecule has 3 aromatic carbocycles. The SMILES string of the molecule is CCOC(=O)c1c(NC(=O)C(Sc2cccc(NC(C)=O)c2)c2ccccc2)sc2c1CCC(c1ccccc1)C2. The van der Waals surface area contributed by atoms with E-state index >= 15 is 0 Å². The Bertz CT molecular complexity index is 1540. The van der Waals surface area contributed by atoms with Crippen molar-refractivity contribution in [2.75, 3.05) is 17.2 Å². The van der Waals surface area contributed by atoms with E-state index in [-0.39, 0.29) is 18.4 Å². The number of anilines is 2. The highest BCUT2D eigenvalue weighted by Gasteiger charge is 2.32. The molecule has 0 saturated carbocycles. The fourth-order valence-electron chi connectivity index (χ4n) is 5.17. The number of thiophene rings is 1. The molecule has 4 aromatic rings. The Morgan fingerprint density at radius 3 is 2.41 bits per heavy atom. The maximum Gasteiger partial charge on any atom is 0.341 e. The summed E-state index contributed by atoms with van der Waals surface area (Å²) in [5.41, 5.74) is 4.26. The lowest BCUT2D eigenvalue weighted by Crippen LogP contribution is -2.20. The highest BCUT2D eigenvalue weighted by molar-refractivity contribution is 8.00. The van der Waals surface area contributed by atoms with Gasteiger partial charge in [0.05, 0.1) is 12.2 Å². The maximum atomic E-state index is 14.0. The van der Waals surface area contributed by atoms with E-state index in [9.17, 15) is 14.4 Å². The zero-order chi connectivity index (χ0) is 28.8. The van der Waals surface area contributed by atoms with Gasteiger partial charge in [-0.3, -0.25) is 9.59 Å². The van der Waals surface area contributed by atoms with Gasteiger partial charge in [0, 0.05) is 22.4 Å². The van der Waals surface area contributed by atoms with Crippen LogP contribution in [0.3, 0.4) is 0 Å². The van der Waals surface area contributed by atoms with Crippen molar-refractivity contribution in [2.24, 2.45) is 0 Å². The topological polar surface area (TPSA) is 84.5 Å². The van der Waals surface area contributed by atoms with Crippen molar-refractivity contribution < 1.29 is 19.1 Å². The van der Waals surface area contributed by atoms with Crippen molar-refractivity contribution >= 4 is 51.6 Å². The minimum Gasteiger partial charge on any atom is -0.462 e. The van der Waals surface area contributed by atoms with Crippen molar-refractivity contribution in [1.29, 1.82) is 0 Å². The van der Waals surface area contributed by atoms with E-state index in [1.54, 1.807) is 6.92 Å².